The van der Waals surface area contributed by atoms with Gasteiger partial charge in [-0.3, -0.25) is 0 Å². The van der Waals surface area contributed by atoms with Gasteiger partial charge in [0.1, 0.15) is 17.9 Å². The van der Waals surface area contributed by atoms with Crippen LogP contribution in [0.3, 0.4) is 0 Å². The summed E-state index contributed by atoms with van der Waals surface area (Å²) < 4.78 is 15.8. The Hall–Kier alpha value is -2.95. The number of carbonyl (C=O) groups is 1. The molecule has 0 fully saturated rings. The quantitative estimate of drug-likeness (QED) is 0.396. The molecule has 0 radical (unpaired) electrons. The zero-order chi connectivity index (χ0) is 19.6. The molecule has 0 saturated carbocycles. The molecule has 2 aromatic rings. The van der Waals surface area contributed by atoms with E-state index in [-0.39, 0.29) is 0 Å². The molecule has 0 amide bonds. The van der Waals surface area contributed by atoms with Gasteiger partial charge in [0.15, 0.2) is 0 Å². The normalized spacial score (nSPS) is 12.2. The molecule has 5 nitrogen and oxygen atoms in total. The molecule has 27 heavy (non-hydrogen) atoms. The third-order valence-corrected chi connectivity index (χ3v) is 4.22. The Labute approximate surface area is 161 Å². The van der Waals surface area contributed by atoms with Crippen molar-refractivity contribution in [2.24, 2.45) is 0 Å². The number of methoxy groups -OCH3 is 2. The monoisotopic (exact) mass is 369 g/mol. The summed E-state index contributed by atoms with van der Waals surface area (Å²) >= 11 is 0. The number of hydrogen-bond donors (Lipinski definition) is 1. The van der Waals surface area contributed by atoms with Crippen molar-refractivity contribution in [2.45, 2.75) is 32.9 Å². The fourth-order valence-electron chi connectivity index (χ4n) is 2.55. The minimum absolute atomic E-state index is 0.326. The van der Waals surface area contributed by atoms with Gasteiger partial charge in [-0.1, -0.05) is 31.2 Å². The highest BCUT2D eigenvalue weighted by atomic mass is 16.5. The van der Waals surface area contributed by atoms with E-state index in [0.29, 0.717) is 18.2 Å². The van der Waals surface area contributed by atoms with E-state index in [9.17, 15) is 4.79 Å². The van der Waals surface area contributed by atoms with Crippen LogP contribution in [0.25, 0.3) is 5.57 Å². The predicted octanol–water partition coefficient (Wildman–Crippen LogP) is 4.64. The summed E-state index contributed by atoms with van der Waals surface area (Å²) in [7, 11) is 2.84. The highest BCUT2D eigenvalue weighted by Gasteiger charge is 2.16. The second kappa shape index (κ2) is 10.3. The van der Waals surface area contributed by atoms with Crippen molar-refractivity contribution in [3.8, 4) is 5.75 Å². The fourth-order valence-corrected chi connectivity index (χ4v) is 2.55. The summed E-state index contributed by atoms with van der Waals surface area (Å²) in [6, 6.07) is 15.8. The second-order valence-corrected chi connectivity index (χ2v) is 6.18. The lowest BCUT2D eigenvalue weighted by molar-refractivity contribution is -0.133. The van der Waals surface area contributed by atoms with E-state index in [4.69, 9.17) is 14.2 Å². The lowest BCUT2D eigenvalue weighted by Gasteiger charge is -2.14. The molecule has 0 aliphatic carbocycles. The van der Waals surface area contributed by atoms with E-state index in [1.807, 2.05) is 48.5 Å². The van der Waals surface area contributed by atoms with Crippen LogP contribution in [0.4, 0.5) is 5.69 Å². The third-order valence-electron chi connectivity index (χ3n) is 4.22. The van der Waals surface area contributed by atoms with Crippen LogP contribution < -0.4 is 10.1 Å². The van der Waals surface area contributed by atoms with Crippen molar-refractivity contribution in [1.82, 2.24) is 0 Å². The minimum atomic E-state index is -0.454. The summed E-state index contributed by atoms with van der Waals surface area (Å²) in [5.41, 5.74) is 3.01. The van der Waals surface area contributed by atoms with Gasteiger partial charge >= 0.3 is 5.97 Å². The highest BCUT2D eigenvalue weighted by Crippen LogP contribution is 2.23. The SMILES string of the molecule is CCC(C)Nc1ccc(OCc2ccccc2C(=COC)C(=O)OC)cc1. The van der Waals surface area contributed by atoms with Crippen LogP contribution in [0, 0.1) is 0 Å². The Balaban J connectivity index is 2.12. The van der Waals surface area contributed by atoms with Gasteiger partial charge < -0.3 is 19.5 Å². The molecule has 1 unspecified atom stereocenters. The number of nitrogens with one attached hydrogen (secondary N) is 1. The topological polar surface area (TPSA) is 56.8 Å². The van der Waals surface area contributed by atoms with Crippen molar-refractivity contribution in [1.29, 1.82) is 0 Å². The fraction of sp³-hybridized carbons (Fsp3) is 0.318. The first-order valence-corrected chi connectivity index (χ1v) is 8.98. The molecule has 0 bridgehead atoms. The maximum absolute atomic E-state index is 12.1. The molecule has 0 aliphatic rings. The van der Waals surface area contributed by atoms with Crippen LogP contribution in [0.1, 0.15) is 31.4 Å². The van der Waals surface area contributed by atoms with Crippen LogP contribution in [0.15, 0.2) is 54.8 Å². The van der Waals surface area contributed by atoms with Gasteiger partial charge in [-0.15, -0.1) is 0 Å². The summed E-state index contributed by atoms with van der Waals surface area (Å²) in [5.74, 6) is 0.305. The molecule has 144 valence electrons. The van der Waals surface area contributed by atoms with Crippen LogP contribution in [-0.4, -0.2) is 26.2 Å². The molecular formula is C22H27NO4. The van der Waals surface area contributed by atoms with E-state index in [0.717, 1.165) is 29.0 Å². The Morgan fingerprint density at radius 1 is 1.11 bits per heavy atom. The van der Waals surface area contributed by atoms with E-state index in [1.54, 1.807) is 0 Å². The minimum Gasteiger partial charge on any atom is -0.503 e. The summed E-state index contributed by atoms with van der Waals surface area (Å²) in [6.45, 7) is 4.62. The first kappa shape index (κ1) is 20.4. The molecule has 1 N–H and O–H groups in total. The van der Waals surface area contributed by atoms with Crippen molar-refractivity contribution in [3.05, 3.63) is 65.9 Å². The summed E-state index contributed by atoms with van der Waals surface area (Å²) in [4.78, 5) is 12.1. The number of esters is 1. The highest BCUT2D eigenvalue weighted by molar-refractivity contribution is 6.16. The molecule has 0 spiro atoms. The number of hydrogen-bond acceptors (Lipinski definition) is 5. The summed E-state index contributed by atoms with van der Waals surface area (Å²) in [6.07, 6.45) is 2.45. The average molecular weight is 369 g/mol. The smallest absolute Gasteiger partial charge is 0.341 e. The Kier molecular flexibility index (Phi) is 7.74. The van der Waals surface area contributed by atoms with E-state index >= 15 is 0 Å². The molecule has 0 aliphatic heterocycles. The van der Waals surface area contributed by atoms with Crippen molar-refractivity contribution in [3.63, 3.8) is 0 Å². The average Bonchev–Trinajstić information content (AvgIpc) is 2.71. The molecule has 0 saturated heterocycles. The zero-order valence-electron chi connectivity index (χ0n) is 16.3. The first-order chi connectivity index (χ1) is 13.1. The lowest BCUT2D eigenvalue weighted by atomic mass is 10.0. The number of carbonyl (C=O) groups excluding carboxylic acids is 1. The van der Waals surface area contributed by atoms with Crippen LogP contribution >= 0.6 is 0 Å². The number of ether oxygens (including phenoxy) is 3. The maximum atomic E-state index is 12.1. The first-order valence-electron chi connectivity index (χ1n) is 8.98. The molecule has 0 heterocycles. The van der Waals surface area contributed by atoms with Crippen molar-refractivity contribution < 1.29 is 19.0 Å². The maximum Gasteiger partial charge on any atom is 0.341 e. The molecule has 2 aromatic carbocycles. The largest absolute Gasteiger partial charge is 0.503 e. The molecule has 2 rings (SSSR count). The van der Waals surface area contributed by atoms with Crippen LogP contribution in [0.2, 0.25) is 0 Å². The molecule has 0 aromatic heterocycles. The van der Waals surface area contributed by atoms with Gasteiger partial charge in [0.2, 0.25) is 0 Å². The van der Waals surface area contributed by atoms with Gasteiger partial charge in [-0.2, -0.15) is 0 Å². The standard InChI is InChI=1S/C22H27NO4/c1-5-16(2)23-18-10-12-19(13-11-18)27-14-17-8-6-7-9-20(17)21(15-25-3)22(24)26-4/h6-13,15-16,23H,5,14H2,1-4H3. The lowest BCUT2D eigenvalue weighted by Crippen LogP contribution is -2.13. The Morgan fingerprint density at radius 3 is 2.44 bits per heavy atom. The molecule has 1 atom stereocenters. The second-order valence-electron chi connectivity index (χ2n) is 6.18. The summed E-state index contributed by atoms with van der Waals surface area (Å²) in [5, 5.41) is 3.42. The number of rotatable bonds is 9. The van der Waals surface area contributed by atoms with E-state index in [1.165, 1.54) is 20.5 Å². The third kappa shape index (κ3) is 5.78. The number of benzene rings is 2. The van der Waals surface area contributed by atoms with Crippen molar-refractivity contribution in [2.75, 3.05) is 19.5 Å². The van der Waals surface area contributed by atoms with Crippen LogP contribution in [-0.2, 0) is 20.9 Å². The Morgan fingerprint density at radius 2 is 1.81 bits per heavy atom. The van der Waals surface area contributed by atoms with Gasteiger partial charge in [-0.25, -0.2) is 4.79 Å². The predicted molar refractivity (Wildman–Crippen MR) is 108 cm³/mol. The molecular weight excluding hydrogens is 342 g/mol. The van der Waals surface area contributed by atoms with Crippen molar-refractivity contribution >= 4 is 17.2 Å². The van der Waals surface area contributed by atoms with Crippen LogP contribution in [0.5, 0.6) is 5.75 Å². The van der Waals surface area contributed by atoms with E-state index in [2.05, 4.69) is 19.2 Å². The Bertz CT molecular complexity index is 768. The van der Waals surface area contributed by atoms with Gasteiger partial charge in [0.05, 0.1) is 20.5 Å². The number of anilines is 1. The van der Waals surface area contributed by atoms with Gasteiger partial charge in [0, 0.05) is 11.7 Å². The van der Waals surface area contributed by atoms with Gasteiger partial charge in [-0.05, 0) is 48.7 Å². The van der Waals surface area contributed by atoms with E-state index < -0.39 is 5.97 Å². The zero-order valence-corrected chi connectivity index (χ0v) is 16.3. The molecule has 5 heteroatoms. The van der Waals surface area contributed by atoms with Gasteiger partial charge in [0.25, 0.3) is 0 Å².